The molecular weight excluding hydrogens is 470 g/mol. The minimum Gasteiger partial charge on any atom is -0.458 e. The standard InChI is InChI=1S/C25H17N3O4S2/c1-12-5-4-6-14-13(12)9-10-15-19-21(22(30)32-20(14)15)34-24(27-19)28-18(29)11-33-25(28)16-7-2-3-8-17(16)26-23(25)31/h2-10,22,30H,11H2,1H3,(H,26,31). The van der Waals surface area contributed by atoms with Gasteiger partial charge in [-0.2, -0.15) is 0 Å². The summed E-state index contributed by atoms with van der Waals surface area (Å²) in [5.74, 6) is 0.258. The highest BCUT2D eigenvalue weighted by molar-refractivity contribution is 8.02. The first-order valence-electron chi connectivity index (χ1n) is 10.7. The molecule has 4 heterocycles. The molecule has 4 aromatic rings. The van der Waals surface area contributed by atoms with Gasteiger partial charge in [-0.15, -0.1) is 11.8 Å². The minimum absolute atomic E-state index is 0.158. The normalized spacial score (nSPS) is 22.5. The number of fused-ring (bicyclic) bond motifs is 7. The van der Waals surface area contributed by atoms with Crippen LogP contribution in [-0.2, 0) is 14.5 Å². The van der Waals surface area contributed by atoms with Gasteiger partial charge in [-0.1, -0.05) is 53.8 Å². The topological polar surface area (TPSA) is 91.8 Å². The third kappa shape index (κ3) is 2.43. The number of aromatic nitrogens is 1. The first-order chi connectivity index (χ1) is 16.5. The molecule has 1 fully saturated rings. The summed E-state index contributed by atoms with van der Waals surface area (Å²) in [5, 5.41) is 16.1. The lowest BCUT2D eigenvalue weighted by Crippen LogP contribution is -2.47. The quantitative estimate of drug-likeness (QED) is 0.410. The summed E-state index contributed by atoms with van der Waals surface area (Å²) in [7, 11) is 0. The summed E-state index contributed by atoms with van der Waals surface area (Å²) in [5.41, 5.74) is 3.86. The SMILES string of the molecule is Cc1cccc2c3c(ccc12)-c1nc(N2C(=O)CSC24C(=O)Nc2ccccc24)sc1C(O)O3. The molecule has 0 bridgehead atoms. The molecule has 0 aliphatic carbocycles. The Morgan fingerprint density at radius 2 is 1.97 bits per heavy atom. The lowest BCUT2D eigenvalue weighted by atomic mass is 9.98. The highest BCUT2D eigenvalue weighted by Crippen LogP contribution is 2.56. The van der Waals surface area contributed by atoms with E-state index in [9.17, 15) is 14.7 Å². The van der Waals surface area contributed by atoms with Crippen molar-refractivity contribution >= 4 is 56.5 Å². The third-order valence-corrected chi connectivity index (χ3v) is 9.06. The van der Waals surface area contributed by atoms with Crippen LogP contribution in [0.3, 0.4) is 0 Å². The molecule has 3 aliphatic rings. The number of carbonyl (C=O) groups is 2. The van der Waals surface area contributed by atoms with Gasteiger partial charge in [0, 0.05) is 22.2 Å². The smallest absolute Gasteiger partial charge is 0.266 e. The molecule has 7 nitrogen and oxygen atoms in total. The predicted octanol–water partition coefficient (Wildman–Crippen LogP) is 4.54. The molecule has 2 atom stereocenters. The van der Waals surface area contributed by atoms with Crippen LogP contribution in [0.5, 0.6) is 5.75 Å². The van der Waals surface area contributed by atoms with Gasteiger partial charge in [0.1, 0.15) is 10.6 Å². The number of thiazole rings is 1. The van der Waals surface area contributed by atoms with Crippen LogP contribution in [0.25, 0.3) is 22.0 Å². The molecular formula is C25H17N3O4S2. The van der Waals surface area contributed by atoms with Gasteiger partial charge in [0.25, 0.3) is 5.91 Å². The molecule has 2 amide bonds. The van der Waals surface area contributed by atoms with Crippen molar-refractivity contribution in [3.63, 3.8) is 0 Å². The molecule has 0 saturated carbocycles. The summed E-state index contributed by atoms with van der Waals surface area (Å²) >= 11 is 2.47. The average molecular weight is 488 g/mol. The van der Waals surface area contributed by atoms with E-state index in [0.717, 1.165) is 27.5 Å². The number of amides is 2. The van der Waals surface area contributed by atoms with E-state index in [1.165, 1.54) is 28.0 Å². The average Bonchev–Trinajstić information content (AvgIpc) is 3.49. The highest BCUT2D eigenvalue weighted by Gasteiger charge is 2.59. The number of anilines is 2. The number of aliphatic hydroxyl groups is 1. The van der Waals surface area contributed by atoms with Crippen molar-refractivity contribution < 1.29 is 19.4 Å². The number of aliphatic hydroxyl groups excluding tert-OH is 1. The first-order valence-corrected chi connectivity index (χ1v) is 12.6. The summed E-state index contributed by atoms with van der Waals surface area (Å²) in [6, 6.07) is 17.3. The van der Waals surface area contributed by atoms with Gasteiger partial charge in [-0.05, 0) is 30.0 Å². The maximum atomic E-state index is 13.2. The molecule has 2 N–H and O–H groups in total. The first kappa shape index (κ1) is 20.0. The Morgan fingerprint density at radius 1 is 1.12 bits per heavy atom. The van der Waals surface area contributed by atoms with E-state index in [2.05, 4.69) is 5.32 Å². The van der Waals surface area contributed by atoms with Crippen LogP contribution in [0.1, 0.15) is 22.3 Å². The van der Waals surface area contributed by atoms with Gasteiger partial charge in [-0.3, -0.25) is 14.5 Å². The fraction of sp³-hybridized carbons (Fsp3) is 0.160. The number of rotatable bonds is 1. The molecule has 3 aliphatic heterocycles. The number of hydrogen-bond donors (Lipinski definition) is 2. The molecule has 7 rings (SSSR count). The Labute approximate surface area is 202 Å². The Kier molecular flexibility index (Phi) is 4.01. The summed E-state index contributed by atoms with van der Waals surface area (Å²) in [6.07, 6.45) is -1.22. The molecule has 9 heteroatoms. The lowest BCUT2D eigenvalue weighted by molar-refractivity contribution is -0.122. The predicted molar refractivity (Wildman–Crippen MR) is 132 cm³/mol. The van der Waals surface area contributed by atoms with Crippen LogP contribution >= 0.6 is 23.1 Å². The van der Waals surface area contributed by atoms with E-state index in [0.29, 0.717) is 27.1 Å². The second-order valence-corrected chi connectivity index (χ2v) is 10.6. The van der Waals surface area contributed by atoms with E-state index in [1.54, 1.807) is 0 Å². The molecule has 2 unspecified atom stereocenters. The van der Waals surface area contributed by atoms with E-state index < -0.39 is 11.2 Å². The Balaban J connectivity index is 1.42. The van der Waals surface area contributed by atoms with Gasteiger partial charge < -0.3 is 15.2 Å². The van der Waals surface area contributed by atoms with Crippen molar-refractivity contribution in [3.8, 4) is 17.0 Å². The maximum Gasteiger partial charge on any atom is 0.266 e. The van der Waals surface area contributed by atoms with Crippen molar-refractivity contribution in [1.29, 1.82) is 0 Å². The Bertz CT molecular complexity index is 1570. The Morgan fingerprint density at radius 3 is 2.85 bits per heavy atom. The number of ether oxygens (including phenoxy) is 1. The van der Waals surface area contributed by atoms with Gasteiger partial charge in [0.2, 0.25) is 17.1 Å². The van der Waals surface area contributed by atoms with Crippen LogP contribution < -0.4 is 15.0 Å². The second kappa shape index (κ2) is 6.82. The number of benzene rings is 3. The molecule has 3 aromatic carbocycles. The van der Waals surface area contributed by atoms with E-state index >= 15 is 0 Å². The van der Waals surface area contributed by atoms with Crippen molar-refractivity contribution in [2.24, 2.45) is 0 Å². The van der Waals surface area contributed by atoms with E-state index in [1.807, 2.05) is 61.5 Å². The number of nitrogens with zero attached hydrogens (tertiary/aromatic N) is 2. The molecule has 168 valence electrons. The summed E-state index contributed by atoms with van der Waals surface area (Å²) in [4.78, 5) is 32.0. The zero-order chi connectivity index (χ0) is 23.2. The van der Waals surface area contributed by atoms with Crippen LogP contribution in [0.4, 0.5) is 10.8 Å². The zero-order valence-electron chi connectivity index (χ0n) is 17.9. The van der Waals surface area contributed by atoms with Crippen molar-refractivity contribution in [2.45, 2.75) is 18.1 Å². The second-order valence-electron chi connectivity index (χ2n) is 8.45. The fourth-order valence-corrected chi connectivity index (χ4v) is 7.45. The van der Waals surface area contributed by atoms with E-state index in [-0.39, 0.29) is 17.6 Å². The minimum atomic E-state index is -1.22. The third-order valence-electron chi connectivity index (χ3n) is 6.59. The largest absolute Gasteiger partial charge is 0.458 e. The number of thioether (sulfide) groups is 1. The summed E-state index contributed by atoms with van der Waals surface area (Å²) < 4.78 is 5.96. The van der Waals surface area contributed by atoms with E-state index in [4.69, 9.17) is 9.72 Å². The fourth-order valence-electron chi connectivity index (χ4n) is 5.04. The lowest BCUT2D eigenvalue weighted by Gasteiger charge is -2.30. The van der Waals surface area contributed by atoms with Gasteiger partial charge in [0.15, 0.2) is 5.13 Å². The van der Waals surface area contributed by atoms with Gasteiger partial charge in [0.05, 0.1) is 11.4 Å². The monoisotopic (exact) mass is 487 g/mol. The van der Waals surface area contributed by atoms with Crippen molar-refractivity contribution in [2.75, 3.05) is 16.0 Å². The van der Waals surface area contributed by atoms with Gasteiger partial charge in [-0.25, -0.2) is 4.98 Å². The van der Waals surface area contributed by atoms with Crippen LogP contribution in [0, 0.1) is 6.92 Å². The van der Waals surface area contributed by atoms with Crippen molar-refractivity contribution in [3.05, 3.63) is 70.6 Å². The highest BCUT2D eigenvalue weighted by atomic mass is 32.2. The molecule has 34 heavy (non-hydrogen) atoms. The van der Waals surface area contributed by atoms with Crippen LogP contribution in [0.2, 0.25) is 0 Å². The number of carbonyl (C=O) groups excluding carboxylic acids is 2. The molecule has 0 radical (unpaired) electrons. The van der Waals surface area contributed by atoms with Crippen LogP contribution in [0.15, 0.2) is 54.6 Å². The van der Waals surface area contributed by atoms with Crippen molar-refractivity contribution in [1.82, 2.24) is 4.98 Å². The van der Waals surface area contributed by atoms with Gasteiger partial charge >= 0.3 is 0 Å². The zero-order valence-corrected chi connectivity index (χ0v) is 19.5. The maximum absolute atomic E-state index is 13.2. The van der Waals surface area contributed by atoms with Crippen LogP contribution in [-0.4, -0.2) is 27.7 Å². The Hall–Kier alpha value is -3.40. The number of aryl methyl sites for hydroxylation is 1. The molecule has 1 aromatic heterocycles. The molecule has 1 saturated heterocycles. The number of para-hydroxylation sites is 1. The summed E-state index contributed by atoms with van der Waals surface area (Å²) in [6.45, 7) is 2.03. The molecule has 1 spiro atoms. The number of nitrogens with one attached hydrogen (secondary N) is 1. The number of hydrogen-bond acceptors (Lipinski definition) is 7.